The number of hydrogen-bond donors (Lipinski definition) is 1. The fourth-order valence-corrected chi connectivity index (χ4v) is 3.05. The molecule has 1 N–H and O–H groups in total. The number of carbonyl (C=O) groups is 1. The Hall–Kier alpha value is -2.36. The number of amides is 1. The van der Waals surface area contributed by atoms with Gasteiger partial charge in [0.05, 0.1) is 18.8 Å². The van der Waals surface area contributed by atoms with Gasteiger partial charge in [0.25, 0.3) is 17.7 Å². The van der Waals surface area contributed by atoms with Gasteiger partial charge >= 0.3 is 0 Å². The second-order valence-electron chi connectivity index (χ2n) is 6.09. The molecule has 1 aliphatic rings. The fourth-order valence-electron chi connectivity index (χ4n) is 3.05. The summed E-state index contributed by atoms with van der Waals surface area (Å²) < 4.78 is 34.9. The van der Waals surface area contributed by atoms with Crippen LogP contribution in [0.3, 0.4) is 0 Å². The number of nitrogens with zero attached hydrogens (tertiary/aromatic N) is 5. The van der Waals surface area contributed by atoms with Crippen molar-refractivity contribution in [1.29, 1.82) is 0 Å². The minimum atomic E-state index is -2.86. The maximum Gasteiger partial charge on any atom is 0.292 e. The Labute approximate surface area is 143 Å². The van der Waals surface area contributed by atoms with E-state index in [0.717, 1.165) is 11.3 Å². The number of carbonyl (C=O) groups excluding carboxylic acids is 1. The molecule has 0 radical (unpaired) electrons. The number of aryl methyl sites for hydroxylation is 1. The molecule has 2 aromatic rings. The molecule has 10 heteroatoms. The van der Waals surface area contributed by atoms with Crippen molar-refractivity contribution in [2.24, 2.45) is 0 Å². The highest BCUT2D eigenvalue weighted by molar-refractivity contribution is 5.89. The Kier molecular flexibility index (Phi) is 4.55. The van der Waals surface area contributed by atoms with Crippen molar-refractivity contribution >= 4 is 5.91 Å². The minimum Gasteiger partial charge on any atom is -0.352 e. The van der Waals surface area contributed by atoms with Crippen LogP contribution >= 0.6 is 0 Å². The topological polar surface area (TPSA) is 89.1 Å². The lowest BCUT2D eigenvalue weighted by Gasteiger charge is -2.20. The van der Waals surface area contributed by atoms with E-state index in [-0.39, 0.29) is 11.7 Å². The average molecular weight is 354 g/mol. The third kappa shape index (κ3) is 3.39. The summed E-state index contributed by atoms with van der Waals surface area (Å²) in [5.41, 5.74) is 1.81. The van der Waals surface area contributed by atoms with Crippen LogP contribution in [0.25, 0.3) is 0 Å². The summed E-state index contributed by atoms with van der Waals surface area (Å²) >= 11 is 0. The molecule has 1 atom stereocenters. The Morgan fingerprint density at radius 3 is 2.92 bits per heavy atom. The SMILES string of the molecule is CCn1ncc(CN2CC(F)(F)C[C@H]2c2nc(C(=O)NC)no2)c1C. The highest BCUT2D eigenvalue weighted by atomic mass is 19.3. The molecular formula is C15H20F2N6O2. The van der Waals surface area contributed by atoms with Crippen LogP contribution in [0.4, 0.5) is 8.78 Å². The van der Waals surface area contributed by atoms with E-state index >= 15 is 0 Å². The summed E-state index contributed by atoms with van der Waals surface area (Å²) in [7, 11) is 1.43. The first kappa shape index (κ1) is 17.5. The van der Waals surface area contributed by atoms with E-state index < -0.39 is 30.8 Å². The minimum absolute atomic E-state index is 0.0244. The largest absolute Gasteiger partial charge is 0.352 e. The van der Waals surface area contributed by atoms with Crippen molar-refractivity contribution in [3.63, 3.8) is 0 Å². The number of rotatable bonds is 5. The normalized spacial score (nSPS) is 20.1. The predicted octanol–water partition coefficient (Wildman–Crippen LogP) is 1.54. The molecule has 25 heavy (non-hydrogen) atoms. The van der Waals surface area contributed by atoms with Gasteiger partial charge in [0.15, 0.2) is 0 Å². The van der Waals surface area contributed by atoms with Gasteiger partial charge in [-0.15, -0.1) is 0 Å². The van der Waals surface area contributed by atoms with Crippen LogP contribution in [-0.2, 0) is 13.1 Å². The number of likely N-dealkylation sites (tertiary alicyclic amines) is 1. The number of nitrogens with one attached hydrogen (secondary N) is 1. The van der Waals surface area contributed by atoms with E-state index in [1.54, 1.807) is 11.1 Å². The van der Waals surface area contributed by atoms with Crippen molar-refractivity contribution in [2.45, 2.75) is 45.3 Å². The van der Waals surface area contributed by atoms with Crippen molar-refractivity contribution in [2.75, 3.05) is 13.6 Å². The third-order valence-corrected chi connectivity index (χ3v) is 4.40. The fraction of sp³-hybridized carbons (Fsp3) is 0.600. The van der Waals surface area contributed by atoms with Gasteiger partial charge in [0, 0.05) is 37.8 Å². The second kappa shape index (κ2) is 6.51. The zero-order valence-electron chi connectivity index (χ0n) is 14.3. The second-order valence-corrected chi connectivity index (χ2v) is 6.09. The van der Waals surface area contributed by atoms with E-state index in [1.165, 1.54) is 7.05 Å². The lowest BCUT2D eigenvalue weighted by molar-refractivity contribution is 0.0112. The van der Waals surface area contributed by atoms with Crippen LogP contribution < -0.4 is 5.32 Å². The summed E-state index contributed by atoms with van der Waals surface area (Å²) in [5, 5.41) is 10.2. The molecule has 0 aliphatic carbocycles. The molecule has 0 saturated carbocycles. The molecule has 2 aromatic heterocycles. The first-order valence-corrected chi connectivity index (χ1v) is 8.03. The van der Waals surface area contributed by atoms with Gasteiger partial charge in [-0.05, 0) is 13.8 Å². The molecule has 0 bridgehead atoms. The lowest BCUT2D eigenvalue weighted by Crippen LogP contribution is -2.27. The molecule has 136 valence electrons. The van der Waals surface area contributed by atoms with Crippen LogP contribution in [0.15, 0.2) is 10.7 Å². The lowest BCUT2D eigenvalue weighted by atomic mass is 10.2. The first-order chi connectivity index (χ1) is 11.8. The number of hydrogen-bond acceptors (Lipinski definition) is 6. The van der Waals surface area contributed by atoms with Crippen molar-refractivity contribution in [3.05, 3.63) is 29.2 Å². The van der Waals surface area contributed by atoms with Gasteiger partial charge in [-0.1, -0.05) is 5.16 Å². The molecule has 8 nitrogen and oxygen atoms in total. The summed E-state index contributed by atoms with van der Waals surface area (Å²) in [5.74, 6) is -3.52. The van der Waals surface area contributed by atoms with E-state index in [9.17, 15) is 13.6 Å². The molecular weight excluding hydrogens is 334 g/mol. The van der Waals surface area contributed by atoms with E-state index in [2.05, 4.69) is 20.6 Å². The number of halogens is 2. The van der Waals surface area contributed by atoms with Crippen LogP contribution in [0.1, 0.15) is 47.2 Å². The number of alkyl halides is 2. The van der Waals surface area contributed by atoms with Crippen LogP contribution in [0.5, 0.6) is 0 Å². The molecule has 3 heterocycles. The predicted molar refractivity (Wildman–Crippen MR) is 83.0 cm³/mol. The van der Waals surface area contributed by atoms with Crippen LogP contribution in [0, 0.1) is 6.92 Å². The maximum atomic E-state index is 14.0. The van der Waals surface area contributed by atoms with E-state index in [1.807, 2.05) is 18.5 Å². The van der Waals surface area contributed by atoms with E-state index in [0.29, 0.717) is 13.1 Å². The van der Waals surface area contributed by atoms with Gasteiger partial charge < -0.3 is 9.84 Å². The Morgan fingerprint density at radius 2 is 2.28 bits per heavy atom. The Morgan fingerprint density at radius 1 is 1.52 bits per heavy atom. The smallest absolute Gasteiger partial charge is 0.292 e. The summed E-state index contributed by atoms with van der Waals surface area (Å²) in [6.45, 7) is 4.47. The summed E-state index contributed by atoms with van der Waals surface area (Å²) in [4.78, 5) is 17.1. The Bertz CT molecular complexity index is 772. The monoisotopic (exact) mass is 354 g/mol. The zero-order chi connectivity index (χ0) is 18.2. The van der Waals surface area contributed by atoms with Crippen molar-refractivity contribution in [1.82, 2.24) is 30.1 Å². The molecule has 1 aliphatic heterocycles. The molecule has 0 spiro atoms. The van der Waals surface area contributed by atoms with Crippen molar-refractivity contribution in [3.8, 4) is 0 Å². The van der Waals surface area contributed by atoms with Crippen molar-refractivity contribution < 1.29 is 18.1 Å². The Balaban J connectivity index is 1.84. The van der Waals surface area contributed by atoms with Gasteiger partial charge in [0.1, 0.15) is 0 Å². The standard InChI is InChI=1S/C15H20F2N6O2/c1-4-23-9(2)10(6-19-23)7-22-8-15(16,17)5-11(22)14-20-12(21-25-14)13(24)18-3/h6,11H,4-5,7-8H2,1-3H3,(H,18,24)/t11-/m0/s1. The average Bonchev–Trinajstić information content (AvgIpc) is 3.25. The quantitative estimate of drug-likeness (QED) is 0.876. The highest BCUT2D eigenvalue weighted by Crippen LogP contribution is 2.41. The third-order valence-electron chi connectivity index (χ3n) is 4.40. The molecule has 1 amide bonds. The van der Waals surface area contributed by atoms with Gasteiger partial charge in [-0.25, -0.2) is 8.78 Å². The van der Waals surface area contributed by atoms with Crippen LogP contribution in [0.2, 0.25) is 0 Å². The maximum absolute atomic E-state index is 14.0. The molecule has 1 fully saturated rings. The molecule has 0 aromatic carbocycles. The van der Waals surface area contributed by atoms with E-state index in [4.69, 9.17) is 4.52 Å². The molecule has 1 saturated heterocycles. The summed E-state index contributed by atoms with van der Waals surface area (Å²) in [6, 6.07) is -0.745. The van der Waals surface area contributed by atoms with Gasteiger partial charge in [-0.2, -0.15) is 10.1 Å². The molecule has 0 unspecified atom stereocenters. The first-order valence-electron chi connectivity index (χ1n) is 8.03. The summed E-state index contributed by atoms with van der Waals surface area (Å²) in [6.07, 6.45) is 1.26. The number of aromatic nitrogens is 4. The van der Waals surface area contributed by atoms with Gasteiger partial charge in [0.2, 0.25) is 5.89 Å². The van der Waals surface area contributed by atoms with Gasteiger partial charge in [-0.3, -0.25) is 14.4 Å². The van der Waals surface area contributed by atoms with Crippen LogP contribution in [-0.4, -0.2) is 50.2 Å². The molecule has 3 rings (SSSR count). The zero-order valence-corrected chi connectivity index (χ0v) is 14.3. The highest BCUT2D eigenvalue weighted by Gasteiger charge is 2.48.